The van der Waals surface area contributed by atoms with E-state index in [4.69, 9.17) is 24.1 Å². The number of nitrogens with one attached hydrogen (secondary N) is 5. The van der Waals surface area contributed by atoms with E-state index in [1.54, 1.807) is 0 Å². The fourth-order valence-electron chi connectivity index (χ4n) is 6.57. The Kier molecular flexibility index (Phi) is 39.5. The number of amides is 5. The molecular formula is C46H79N5O18. The molecule has 3 atom stereocenters. The molecule has 0 aromatic carbocycles. The number of aliphatic carboxylic acids is 4. The molecule has 1 unspecified atom stereocenters. The van der Waals surface area contributed by atoms with Crippen LogP contribution in [0.15, 0.2) is 0 Å². The molecule has 0 fully saturated rings. The molecule has 23 nitrogen and oxygen atoms in total. The molecule has 0 bridgehead atoms. The molecule has 0 heterocycles. The number of rotatable bonds is 48. The molecule has 23 heteroatoms. The molecule has 0 radical (unpaired) electrons. The molecule has 0 aliphatic heterocycles. The number of carboxylic acid groups (broad SMARTS) is 4. The van der Waals surface area contributed by atoms with Crippen LogP contribution in [0.25, 0.3) is 0 Å². The Morgan fingerprint density at radius 3 is 1.06 bits per heavy atom. The van der Waals surface area contributed by atoms with Gasteiger partial charge in [0.1, 0.15) is 31.3 Å². The number of hydrogen-bond acceptors (Lipinski definition) is 14. The first-order valence-corrected chi connectivity index (χ1v) is 24.1. The number of Topliss-reactive ketones (excluding diaryl/α,β-unsaturated/α-hetero) is 1. The molecule has 69 heavy (non-hydrogen) atoms. The average Bonchev–Trinajstić information content (AvgIpc) is 3.28. The molecule has 0 rings (SSSR count). The first kappa shape index (κ1) is 63.7. The fourth-order valence-corrected chi connectivity index (χ4v) is 6.57. The summed E-state index contributed by atoms with van der Waals surface area (Å²) in [6.45, 7) is 2.72. The summed E-state index contributed by atoms with van der Waals surface area (Å²) in [6.07, 6.45) is 12.4. The maximum absolute atomic E-state index is 12.6. The molecule has 0 aliphatic carbocycles. The van der Waals surface area contributed by atoms with Gasteiger partial charge in [0.05, 0.1) is 39.6 Å². The average molecular weight is 990 g/mol. The lowest BCUT2D eigenvalue weighted by atomic mass is 10.0. The molecule has 5 amide bonds. The topological polar surface area (TPSA) is 349 Å². The monoisotopic (exact) mass is 990 g/mol. The lowest BCUT2D eigenvalue weighted by Gasteiger charge is -2.18. The summed E-state index contributed by atoms with van der Waals surface area (Å²) in [5.41, 5.74) is 0. The van der Waals surface area contributed by atoms with Crippen molar-refractivity contribution in [1.29, 1.82) is 0 Å². The molecule has 0 saturated carbocycles. The van der Waals surface area contributed by atoms with Gasteiger partial charge in [0.2, 0.25) is 29.5 Å². The summed E-state index contributed by atoms with van der Waals surface area (Å²) < 4.78 is 20.9. The summed E-state index contributed by atoms with van der Waals surface area (Å²) in [4.78, 5) is 118. The zero-order valence-electron chi connectivity index (χ0n) is 40.4. The smallest absolute Gasteiger partial charge is 0.326 e. The summed E-state index contributed by atoms with van der Waals surface area (Å²) >= 11 is 0. The molecular weight excluding hydrogens is 911 g/mol. The zero-order chi connectivity index (χ0) is 51.5. The second-order valence-corrected chi connectivity index (χ2v) is 16.6. The van der Waals surface area contributed by atoms with Crippen molar-refractivity contribution in [3.8, 4) is 0 Å². The van der Waals surface area contributed by atoms with E-state index in [0.717, 1.165) is 57.8 Å². The predicted molar refractivity (Wildman–Crippen MR) is 248 cm³/mol. The minimum absolute atomic E-state index is 0.0224. The van der Waals surface area contributed by atoms with Crippen LogP contribution in [0.2, 0.25) is 0 Å². The van der Waals surface area contributed by atoms with Crippen LogP contribution in [0, 0.1) is 0 Å². The van der Waals surface area contributed by atoms with Crippen LogP contribution in [0.1, 0.15) is 148 Å². The van der Waals surface area contributed by atoms with Crippen LogP contribution in [0.5, 0.6) is 0 Å². The highest BCUT2D eigenvalue weighted by molar-refractivity contribution is 5.87. The van der Waals surface area contributed by atoms with Gasteiger partial charge in [-0.05, 0) is 39.0 Å². The highest BCUT2D eigenvalue weighted by Gasteiger charge is 2.26. The Hall–Kier alpha value is -5.26. The number of carboxylic acids is 4. The highest BCUT2D eigenvalue weighted by atomic mass is 16.5. The van der Waals surface area contributed by atoms with E-state index in [0.29, 0.717) is 6.42 Å². The van der Waals surface area contributed by atoms with Crippen LogP contribution < -0.4 is 26.6 Å². The van der Waals surface area contributed by atoms with E-state index in [1.807, 2.05) is 0 Å². The highest BCUT2D eigenvalue weighted by Crippen LogP contribution is 2.14. The van der Waals surface area contributed by atoms with E-state index in [9.17, 15) is 63.3 Å². The van der Waals surface area contributed by atoms with E-state index >= 15 is 0 Å². The van der Waals surface area contributed by atoms with Crippen molar-refractivity contribution in [2.75, 3.05) is 65.9 Å². The summed E-state index contributed by atoms with van der Waals surface area (Å²) in [7, 11) is 0. The molecule has 0 spiro atoms. The molecule has 0 aliphatic rings. The Bertz CT molecular complexity index is 1530. The minimum atomic E-state index is -1.56. The van der Waals surface area contributed by atoms with Gasteiger partial charge in [-0.15, -0.1) is 0 Å². The summed E-state index contributed by atoms with van der Waals surface area (Å²) in [5, 5.41) is 49.5. The molecule has 0 aromatic rings. The third-order valence-electron chi connectivity index (χ3n) is 10.3. The minimum Gasteiger partial charge on any atom is -0.481 e. The van der Waals surface area contributed by atoms with Crippen molar-refractivity contribution in [1.82, 2.24) is 26.6 Å². The number of ketones is 1. The lowest BCUT2D eigenvalue weighted by molar-refractivity contribution is -0.144. The summed E-state index contributed by atoms with van der Waals surface area (Å²) in [6, 6.07) is -4.41. The number of carbonyl (C=O) groups is 10. The normalized spacial score (nSPS) is 12.2. The first-order valence-electron chi connectivity index (χ1n) is 24.1. The number of unbranched alkanes of at least 4 members (excludes halogenated alkanes) is 13. The Morgan fingerprint density at radius 1 is 0.362 bits per heavy atom. The van der Waals surface area contributed by atoms with Gasteiger partial charge < -0.3 is 66.0 Å². The van der Waals surface area contributed by atoms with Gasteiger partial charge in [0, 0.05) is 45.2 Å². The van der Waals surface area contributed by atoms with Gasteiger partial charge in [-0.3, -0.25) is 33.6 Å². The third kappa shape index (κ3) is 41.4. The van der Waals surface area contributed by atoms with Gasteiger partial charge in [0.25, 0.3) is 0 Å². The van der Waals surface area contributed by atoms with Gasteiger partial charge in [-0.25, -0.2) is 14.4 Å². The van der Waals surface area contributed by atoms with Gasteiger partial charge in [0.15, 0.2) is 5.78 Å². The predicted octanol–water partition coefficient (Wildman–Crippen LogP) is 2.25. The van der Waals surface area contributed by atoms with Crippen LogP contribution in [0.3, 0.4) is 0 Å². The van der Waals surface area contributed by atoms with Crippen molar-refractivity contribution in [2.45, 2.75) is 166 Å². The Balaban J connectivity index is 4.24. The lowest BCUT2D eigenvalue weighted by Crippen LogP contribution is -2.45. The Morgan fingerprint density at radius 2 is 0.681 bits per heavy atom. The van der Waals surface area contributed by atoms with Crippen LogP contribution in [-0.2, 0) is 66.9 Å². The van der Waals surface area contributed by atoms with E-state index in [2.05, 4.69) is 26.6 Å². The standard InChI is InChI=1S/C46H79N5O18/c1-34(52)32-68-30-28-67-27-25-48-42(57)33-69-31-29-66-26-24-47-38(53)21-18-35(44(60)61)50-40(55)23-20-37(46(64)65)51-41(56)22-19-36(45(62)63)49-39(54)16-14-12-10-8-6-4-2-3-5-7-9-11-13-15-17-43(58)59/h35-37H,2-33H2,1H3,(H,47,53)(H,48,57)(H,49,54)(H,50,55)(H,51,56)(H,58,59)(H,60,61)(H,62,63)(H,64,65)/t35-,36?,37-/m0/s1. The van der Waals surface area contributed by atoms with Gasteiger partial charge in [-0.2, -0.15) is 0 Å². The fraction of sp³-hybridized carbons (Fsp3) is 0.783. The van der Waals surface area contributed by atoms with Gasteiger partial charge in [-0.1, -0.05) is 77.0 Å². The molecule has 396 valence electrons. The zero-order valence-corrected chi connectivity index (χ0v) is 40.4. The molecule has 9 N–H and O–H groups in total. The number of carbonyl (C=O) groups excluding carboxylic acids is 6. The van der Waals surface area contributed by atoms with E-state index in [1.165, 1.54) is 32.6 Å². The van der Waals surface area contributed by atoms with Crippen molar-refractivity contribution in [3.63, 3.8) is 0 Å². The first-order chi connectivity index (χ1) is 33.0. The largest absolute Gasteiger partial charge is 0.481 e. The van der Waals surface area contributed by atoms with Crippen LogP contribution in [0.4, 0.5) is 0 Å². The quantitative estimate of drug-likeness (QED) is 0.0395. The maximum Gasteiger partial charge on any atom is 0.326 e. The Labute approximate surface area is 404 Å². The summed E-state index contributed by atoms with van der Waals surface area (Å²) in [5.74, 6) is -8.11. The van der Waals surface area contributed by atoms with Crippen LogP contribution >= 0.6 is 0 Å². The van der Waals surface area contributed by atoms with E-state index < -0.39 is 84.9 Å². The van der Waals surface area contributed by atoms with Crippen molar-refractivity contribution < 1.29 is 87.3 Å². The third-order valence-corrected chi connectivity index (χ3v) is 10.3. The second-order valence-electron chi connectivity index (χ2n) is 16.6. The van der Waals surface area contributed by atoms with Crippen molar-refractivity contribution in [3.05, 3.63) is 0 Å². The maximum atomic E-state index is 12.6. The van der Waals surface area contributed by atoms with Crippen molar-refractivity contribution in [2.24, 2.45) is 0 Å². The number of hydrogen-bond donors (Lipinski definition) is 9. The van der Waals surface area contributed by atoms with Crippen molar-refractivity contribution >= 4 is 59.2 Å². The van der Waals surface area contributed by atoms with Crippen LogP contribution in [-0.4, -0.2) is 164 Å². The van der Waals surface area contributed by atoms with E-state index in [-0.39, 0.29) is 110 Å². The van der Waals surface area contributed by atoms with Gasteiger partial charge >= 0.3 is 23.9 Å². The molecule has 0 aromatic heterocycles. The molecule has 0 saturated heterocycles. The SMILES string of the molecule is CC(=O)COCCOCCNC(=O)COCCOCCNC(=O)CC[C@H](NC(=O)CC[C@H](NC(=O)CCC(NC(=O)CCCCCCCCCCCCCCCCC(=O)O)C(=O)O)C(=O)O)C(=O)O. The number of ether oxygens (including phenoxy) is 4. The second kappa shape index (κ2) is 42.8.